The number of likely N-dealkylation sites (tertiary alicyclic amines) is 1. The van der Waals surface area contributed by atoms with Crippen LogP contribution in [0.15, 0.2) is 24.3 Å². The topological polar surface area (TPSA) is 71.0 Å². The van der Waals surface area contributed by atoms with Crippen molar-refractivity contribution in [1.29, 1.82) is 0 Å². The number of aliphatic hydroxyl groups excluding tert-OH is 1. The number of hydrogen-bond donors (Lipinski definition) is 2. The Morgan fingerprint density at radius 3 is 2.96 bits per heavy atom. The average Bonchev–Trinajstić information content (AvgIpc) is 3.27. The highest BCUT2D eigenvalue weighted by atomic mass is 16.5. The van der Waals surface area contributed by atoms with Crippen LogP contribution < -0.4 is 10.1 Å². The van der Waals surface area contributed by atoms with E-state index in [1.807, 2.05) is 24.3 Å². The van der Waals surface area contributed by atoms with E-state index in [0.29, 0.717) is 32.8 Å². The molecule has 1 aliphatic heterocycles. The van der Waals surface area contributed by atoms with Crippen LogP contribution in [0.3, 0.4) is 0 Å². The fourth-order valence-electron chi connectivity index (χ4n) is 3.27. The van der Waals surface area contributed by atoms with Crippen molar-refractivity contribution in [3.63, 3.8) is 0 Å². The summed E-state index contributed by atoms with van der Waals surface area (Å²) in [5.41, 5.74) is 1.09. The van der Waals surface area contributed by atoms with Gasteiger partial charge < -0.3 is 19.9 Å². The third-order valence-corrected chi connectivity index (χ3v) is 4.88. The number of hydrogen-bond acceptors (Lipinski definition) is 5. The molecule has 2 N–H and O–H groups in total. The van der Waals surface area contributed by atoms with Crippen LogP contribution >= 0.6 is 0 Å². The number of carbonyl (C=O) groups is 1. The number of carbonyl (C=O) groups excluding carboxylic acids is 1. The number of aliphatic hydroxyl groups is 1. The lowest BCUT2D eigenvalue weighted by Gasteiger charge is -2.15. The number of rotatable bonds is 8. The zero-order valence-corrected chi connectivity index (χ0v) is 14.2. The fraction of sp³-hybridized carbons (Fsp3) is 0.611. The lowest BCUT2D eigenvalue weighted by Crippen LogP contribution is -2.36. The number of nitrogens with one attached hydrogen (secondary N) is 1. The number of methoxy groups -OCH3 is 1. The van der Waals surface area contributed by atoms with Gasteiger partial charge in [0.05, 0.1) is 19.3 Å². The van der Waals surface area contributed by atoms with Gasteiger partial charge in [-0.25, -0.2) is 0 Å². The molecule has 1 saturated heterocycles. The summed E-state index contributed by atoms with van der Waals surface area (Å²) in [5.74, 6) is 0.766. The van der Waals surface area contributed by atoms with Crippen molar-refractivity contribution in [3.05, 3.63) is 29.8 Å². The molecule has 0 radical (unpaired) electrons. The highest BCUT2D eigenvalue weighted by Crippen LogP contribution is 2.52. The fourth-order valence-corrected chi connectivity index (χ4v) is 3.27. The minimum Gasteiger partial charge on any atom is -0.491 e. The van der Waals surface area contributed by atoms with Gasteiger partial charge in [0.1, 0.15) is 12.4 Å². The standard InChI is InChI=1S/C18H26N2O4/c1-23-7-8-24-15-4-2-3-14(9-15)10-19-17(22)12-20-11-16(21)18(13-20)5-6-18/h2-4,9,16,21H,5-8,10-13H2,1H3,(H,19,22). The van der Waals surface area contributed by atoms with Crippen LogP contribution in [0.2, 0.25) is 0 Å². The van der Waals surface area contributed by atoms with E-state index in [4.69, 9.17) is 9.47 Å². The molecule has 132 valence electrons. The average molecular weight is 334 g/mol. The van der Waals surface area contributed by atoms with E-state index in [-0.39, 0.29) is 17.4 Å². The van der Waals surface area contributed by atoms with Gasteiger partial charge in [0.2, 0.25) is 5.91 Å². The summed E-state index contributed by atoms with van der Waals surface area (Å²) in [7, 11) is 1.64. The van der Waals surface area contributed by atoms with E-state index in [1.165, 1.54) is 0 Å². The lowest BCUT2D eigenvalue weighted by molar-refractivity contribution is -0.122. The molecule has 3 rings (SSSR count). The molecule has 2 fully saturated rings. The Morgan fingerprint density at radius 1 is 1.42 bits per heavy atom. The van der Waals surface area contributed by atoms with Gasteiger partial charge >= 0.3 is 0 Å². The number of β-amino-alcohol motifs (C(OH)–C–C–N with tert-alkyl or cyclic N) is 1. The minimum atomic E-state index is -0.272. The molecule has 1 aromatic carbocycles. The molecule has 1 aromatic rings. The van der Waals surface area contributed by atoms with Crippen LogP contribution in [0.1, 0.15) is 18.4 Å². The first kappa shape index (κ1) is 17.2. The molecule has 1 atom stereocenters. The van der Waals surface area contributed by atoms with E-state index < -0.39 is 0 Å². The van der Waals surface area contributed by atoms with Crippen molar-refractivity contribution >= 4 is 5.91 Å². The van der Waals surface area contributed by atoms with Crippen molar-refractivity contribution in [2.45, 2.75) is 25.5 Å². The molecule has 0 aromatic heterocycles. The molecule has 24 heavy (non-hydrogen) atoms. The molecule has 1 heterocycles. The van der Waals surface area contributed by atoms with E-state index >= 15 is 0 Å². The van der Waals surface area contributed by atoms with Crippen LogP contribution in [-0.4, -0.2) is 62.0 Å². The minimum absolute atomic E-state index is 0.00870. The van der Waals surface area contributed by atoms with Gasteiger partial charge in [0, 0.05) is 32.2 Å². The first-order valence-corrected chi connectivity index (χ1v) is 8.49. The second-order valence-electron chi connectivity index (χ2n) is 6.81. The van der Waals surface area contributed by atoms with Crippen molar-refractivity contribution < 1.29 is 19.4 Å². The number of nitrogens with zero attached hydrogens (tertiary/aromatic N) is 1. The summed E-state index contributed by atoms with van der Waals surface area (Å²) in [4.78, 5) is 14.2. The zero-order valence-electron chi connectivity index (χ0n) is 14.2. The maximum Gasteiger partial charge on any atom is 0.234 e. The molecule has 2 aliphatic rings. The molecular weight excluding hydrogens is 308 g/mol. The van der Waals surface area contributed by atoms with Crippen LogP contribution in [0.5, 0.6) is 5.75 Å². The van der Waals surface area contributed by atoms with Gasteiger partial charge in [-0.2, -0.15) is 0 Å². The van der Waals surface area contributed by atoms with Gasteiger partial charge in [-0.3, -0.25) is 9.69 Å². The quantitative estimate of drug-likeness (QED) is 0.688. The summed E-state index contributed by atoms with van der Waals surface area (Å²) >= 11 is 0. The van der Waals surface area contributed by atoms with Crippen molar-refractivity contribution in [1.82, 2.24) is 10.2 Å². The summed E-state index contributed by atoms with van der Waals surface area (Å²) < 4.78 is 10.5. The molecule has 1 saturated carbocycles. The SMILES string of the molecule is COCCOc1cccc(CNC(=O)CN2CC(O)C3(CC3)C2)c1. The maximum atomic E-state index is 12.1. The van der Waals surface area contributed by atoms with Gasteiger partial charge in [-0.05, 0) is 30.5 Å². The lowest BCUT2D eigenvalue weighted by atomic mass is 10.0. The Labute approximate surface area is 142 Å². The Morgan fingerprint density at radius 2 is 2.25 bits per heavy atom. The Hall–Kier alpha value is -1.63. The first-order valence-electron chi connectivity index (χ1n) is 8.49. The summed E-state index contributed by atoms with van der Waals surface area (Å²) in [6.45, 7) is 3.32. The largest absolute Gasteiger partial charge is 0.491 e. The van der Waals surface area contributed by atoms with Crippen LogP contribution in [0, 0.1) is 5.41 Å². The van der Waals surface area contributed by atoms with Crippen LogP contribution in [-0.2, 0) is 16.1 Å². The second-order valence-corrected chi connectivity index (χ2v) is 6.81. The Kier molecular flexibility index (Phi) is 5.38. The summed E-state index contributed by atoms with van der Waals surface area (Å²) in [6.07, 6.45) is 1.90. The monoisotopic (exact) mass is 334 g/mol. The van der Waals surface area contributed by atoms with Crippen molar-refractivity contribution in [2.75, 3.05) is 40.0 Å². The third-order valence-electron chi connectivity index (χ3n) is 4.88. The number of ether oxygens (including phenoxy) is 2. The number of amides is 1. The molecule has 6 heteroatoms. The molecular formula is C18H26N2O4. The smallest absolute Gasteiger partial charge is 0.234 e. The number of benzene rings is 1. The maximum absolute atomic E-state index is 12.1. The van der Waals surface area contributed by atoms with E-state index in [2.05, 4.69) is 10.2 Å². The highest BCUT2D eigenvalue weighted by molar-refractivity contribution is 5.78. The van der Waals surface area contributed by atoms with Gasteiger partial charge in [-0.1, -0.05) is 12.1 Å². The zero-order chi connectivity index (χ0) is 17.0. The summed E-state index contributed by atoms with van der Waals surface area (Å²) in [5, 5.41) is 13.0. The van der Waals surface area contributed by atoms with E-state index in [0.717, 1.165) is 30.7 Å². The van der Waals surface area contributed by atoms with E-state index in [9.17, 15) is 9.90 Å². The molecule has 1 unspecified atom stereocenters. The van der Waals surface area contributed by atoms with Crippen LogP contribution in [0.4, 0.5) is 0 Å². The van der Waals surface area contributed by atoms with Crippen molar-refractivity contribution in [3.8, 4) is 5.75 Å². The third kappa shape index (κ3) is 4.26. The Bertz CT molecular complexity index is 574. The summed E-state index contributed by atoms with van der Waals surface area (Å²) in [6, 6.07) is 7.69. The molecule has 1 aliphatic carbocycles. The second kappa shape index (κ2) is 7.51. The first-order chi connectivity index (χ1) is 11.6. The highest BCUT2D eigenvalue weighted by Gasteiger charge is 2.54. The Balaban J connectivity index is 1.42. The predicted octanol–water partition coefficient (Wildman–Crippen LogP) is 0.785. The molecule has 1 amide bonds. The van der Waals surface area contributed by atoms with Gasteiger partial charge in [0.15, 0.2) is 0 Å². The molecule has 0 bridgehead atoms. The van der Waals surface area contributed by atoms with Crippen molar-refractivity contribution in [2.24, 2.45) is 5.41 Å². The normalized spacial score (nSPS) is 21.8. The van der Waals surface area contributed by atoms with Gasteiger partial charge in [0.25, 0.3) is 0 Å². The molecule has 1 spiro atoms. The molecule has 6 nitrogen and oxygen atoms in total. The van der Waals surface area contributed by atoms with E-state index in [1.54, 1.807) is 7.11 Å². The van der Waals surface area contributed by atoms with Crippen LogP contribution in [0.25, 0.3) is 0 Å². The predicted molar refractivity (Wildman–Crippen MR) is 89.8 cm³/mol. The van der Waals surface area contributed by atoms with Gasteiger partial charge in [-0.15, -0.1) is 0 Å².